The minimum atomic E-state index is -0.775. The van der Waals surface area contributed by atoms with Crippen molar-refractivity contribution in [2.24, 2.45) is 5.92 Å². The second-order valence-corrected chi connectivity index (χ2v) is 4.31. The molecule has 1 aromatic heterocycles. The summed E-state index contributed by atoms with van der Waals surface area (Å²) in [5, 5.41) is 23.8. The summed E-state index contributed by atoms with van der Waals surface area (Å²) in [6, 6.07) is 0. The lowest BCUT2D eigenvalue weighted by Crippen LogP contribution is -2.19. The molecule has 0 radical (unpaired) electrons. The second kappa shape index (κ2) is 4.33. The van der Waals surface area contributed by atoms with Crippen LogP contribution in [0.5, 0.6) is 0 Å². The van der Waals surface area contributed by atoms with Crippen molar-refractivity contribution in [1.29, 1.82) is 0 Å². The molecule has 1 aromatic rings. The van der Waals surface area contributed by atoms with Crippen molar-refractivity contribution in [1.82, 2.24) is 9.78 Å². The molecule has 84 valence electrons. The molecule has 0 bridgehead atoms. The average Bonchev–Trinajstić information content (AvgIpc) is 2.98. The van der Waals surface area contributed by atoms with Gasteiger partial charge in [-0.05, 0) is 25.2 Å². The lowest BCUT2D eigenvalue weighted by atomic mass is 10.0. The van der Waals surface area contributed by atoms with Crippen LogP contribution in [0.4, 0.5) is 0 Å². The summed E-state index contributed by atoms with van der Waals surface area (Å²) < 4.78 is 1.80. The van der Waals surface area contributed by atoms with Crippen LogP contribution in [0, 0.1) is 5.92 Å². The van der Waals surface area contributed by atoms with Crippen molar-refractivity contribution < 1.29 is 10.2 Å². The van der Waals surface area contributed by atoms with Gasteiger partial charge in [0.1, 0.15) is 6.10 Å². The van der Waals surface area contributed by atoms with E-state index in [0.717, 1.165) is 31.4 Å². The van der Waals surface area contributed by atoms with E-state index >= 15 is 0 Å². The fourth-order valence-corrected chi connectivity index (χ4v) is 1.78. The molecule has 2 unspecified atom stereocenters. The maximum absolute atomic E-state index is 9.88. The first kappa shape index (κ1) is 10.6. The summed E-state index contributed by atoms with van der Waals surface area (Å²) in [7, 11) is 0. The van der Waals surface area contributed by atoms with Crippen LogP contribution in [0.25, 0.3) is 0 Å². The summed E-state index contributed by atoms with van der Waals surface area (Å²) in [6.45, 7) is 2.93. The molecule has 1 heterocycles. The molecule has 2 N–H and O–H groups in total. The third-order valence-electron chi connectivity index (χ3n) is 2.88. The van der Waals surface area contributed by atoms with Crippen LogP contribution in [0.15, 0.2) is 12.4 Å². The number of aryl methyl sites for hydroxylation is 1. The fraction of sp³-hybridized carbons (Fsp3) is 0.727. The van der Waals surface area contributed by atoms with E-state index < -0.39 is 12.2 Å². The second-order valence-electron chi connectivity index (χ2n) is 4.31. The third kappa shape index (κ3) is 2.38. The Morgan fingerprint density at radius 2 is 2.27 bits per heavy atom. The molecule has 4 heteroatoms. The van der Waals surface area contributed by atoms with E-state index in [4.69, 9.17) is 0 Å². The SMILES string of the molecule is CCCn1cc(C(O)C(O)C2CC2)cn1. The van der Waals surface area contributed by atoms with Crippen LogP contribution in [-0.4, -0.2) is 26.1 Å². The van der Waals surface area contributed by atoms with Crippen LogP contribution in [0.1, 0.15) is 37.9 Å². The minimum Gasteiger partial charge on any atom is -0.390 e. The Hall–Kier alpha value is -0.870. The number of hydrogen-bond donors (Lipinski definition) is 2. The summed E-state index contributed by atoms with van der Waals surface area (Å²) in [5.41, 5.74) is 0.725. The zero-order valence-electron chi connectivity index (χ0n) is 9.00. The maximum atomic E-state index is 9.88. The quantitative estimate of drug-likeness (QED) is 0.765. The van der Waals surface area contributed by atoms with E-state index in [0.29, 0.717) is 0 Å². The monoisotopic (exact) mass is 210 g/mol. The smallest absolute Gasteiger partial charge is 0.108 e. The molecule has 0 spiro atoms. The molecule has 0 amide bonds. The highest BCUT2D eigenvalue weighted by molar-refractivity contribution is 5.11. The van der Waals surface area contributed by atoms with E-state index in [1.165, 1.54) is 0 Å². The predicted molar refractivity (Wildman–Crippen MR) is 56.2 cm³/mol. The standard InChI is InChI=1S/C11H18N2O2/c1-2-5-13-7-9(6-12-13)11(15)10(14)8-3-4-8/h6-8,10-11,14-15H,2-5H2,1H3. The van der Waals surface area contributed by atoms with Crippen molar-refractivity contribution >= 4 is 0 Å². The van der Waals surface area contributed by atoms with Crippen LogP contribution < -0.4 is 0 Å². The first-order valence-corrected chi connectivity index (χ1v) is 5.61. The van der Waals surface area contributed by atoms with Gasteiger partial charge in [-0.3, -0.25) is 4.68 Å². The molecule has 4 nitrogen and oxygen atoms in total. The van der Waals surface area contributed by atoms with Gasteiger partial charge in [0, 0.05) is 18.3 Å². The molecule has 15 heavy (non-hydrogen) atoms. The van der Waals surface area contributed by atoms with Gasteiger partial charge < -0.3 is 10.2 Å². The molecule has 0 aromatic carbocycles. The summed E-state index contributed by atoms with van der Waals surface area (Å²) in [4.78, 5) is 0. The topological polar surface area (TPSA) is 58.3 Å². The third-order valence-corrected chi connectivity index (χ3v) is 2.88. The molecular formula is C11H18N2O2. The molecule has 2 rings (SSSR count). The lowest BCUT2D eigenvalue weighted by molar-refractivity contribution is 0.00479. The van der Waals surface area contributed by atoms with Crippen LogP contribution >= 0.6 is 0 Å². The minimum absolute atomic E-state index is 0.287. The Morgan fingerprint density at radius 1 is 1.53 bits per heavy atom. The molecule has 1 fully saturated rings. The summed E-state index contributed by atoms with van der Waals surface area (Å²) in [6.07, 6.45) is 5.14. The summed E-state index contributed by atoms with van der Waals surface area (Å²) in [5.74, 6) is 0.287. The Kier molecular flexibility index (Phi) is 3.07. The van der Waals surface area contributed by atoms with Gasteiger partial charge in [-0.25, -0.2) is 0 Å². The Bertz CT molecular complexity index is 320. The largest absolute Gasteiger partial charge is 0.390 e. The van der Waals surface area contributed by atoms with Gasteiger partial charge in [-0.15, -0.1) is 0 Å². The molecule has 2 atom stereocenters. The van der Waals surface area contributed by atoms with Crippen molar-refractivity contribution in [2.45, 2.75) is 44.9 Å². The van der Waals surface area contributed by atoms with Crippen molar-refractivity contribution in [3.05, 3.63) is 18.0 Å². The van der Waals surface area contributed by atoms with Gasteiger partial charge in [-0.1, -0.05) is 6.92 Å². The van der Waals surface area contributed by atoms with Crippen molar-refractivity contribution in [3.8, 4) is 0 Å². The van der Waals surface area contributed by atoms with Crippen molar-refractivity contribution in [3.63, 3.8) is 0 Å². The highest BCUT2D eigenvalue weighted by Gasteiger charge is 2.35. The molecule has 0 aliphatic heterocycles. The number of rotatable bonds is 5. The van der Waals surface area contributed by atoms with Gasteiger partial charge in [0.2, 0.25) is 0 Å². The Labute approximate surface area is 89.5 Å². The zero-order valence-corrected chi connectivity index (χ0v) is 9.00. The highest BCUT2D eigenvalue weighted by atomic mass is 16.3. The van der Waals surface area contributed by atoms with E-state index in [1.54, 1.807) is 10.9 Å². The highest BCUT2D eigenvalue weighted by Crippen LogP contribution is 2.37. The Balaban J connectivity index is 2.00. The van der Waals surface area contributed by atoms with Gasteiger partial charge in [-0.2, -0.15) is 5.10 Å². The number of hydrogen-bond acceptors (Lipinski definition) is 3. The fourth-order valence-electron chi connectivity index (χ4n) is 1.78. The molecule has 0 saturated heterocycles. The lowest BCUT2D eigenvalue weighted by Gasteiger charge is -2.15. The number of aliphatic hydroxyl groups is 2. The number of aromatic nitrogens is 2. The van der Waals surface area contributed by atoms with Gasteiger partial charge in [0.05, 0.1) is 12.3 Å². The Morgan fingerprint density at radius 3 is 2.87 bits per heavy atom. The molecule has 1 saturated carbocycles. The van der Waals surface area contributed by atoms with E-state index in [-0.39, 0.29) is 5.92 Å². The van der Waals surface area contributed by atoms with E-state index in [2.05, 4.69) is 12.0 Å². The van der Waals surface area contributed by atoms with Crippen LogP contribution in [0.3, 0.4) is 0 Å². The predicted octanol–water partition coefficient (Wildman–Crippen LogP) is 1.10. The van der Waals surface area contributed by atoms with Crippen LogP contribution in [0.2, 0.25) is 0 Å². The molecule has 1 aliphatic carbocycles. The first-order chi connectivity index (χ1) is 7.22. The zero-order chi connectivity index (χ0) is 10.8. The normalized spacial score (nSPS) is 20.2. The average molecular weight is 210 g/mol. The molecule has 1 aliphatic rings. The van der Waals surface area contributed by atoms with Gasteiger partial charge in [0.25, 0.3) is 0 Å². The molecular weight excluding hydrogens is 192 g/mol. The van der Waals surface area contributed by atoms with E-state index in [9.17, 15) is 10.2 Å². The number of nitrogens with zero attached hydrogens (tertiary/aromatic N) is 2. The summed E-state index contributed by atoms with van der Waals surface area (Å²) >= 11 is 0. The van der Waals surface area contributed by atoms with Crippen molar-refractivity contribution in [2.75, 3.05) is 0 Å². The van der Waals surface area contributed by atoms with Gasteiger partial charge in [0.15, 0.2) is 0 Å². The number of aliphatic hydroxyl groups excluding tert-OH is 2. The maximum Gasteiger partial charge on any atom is 0.108 e. The van der Waals surface area contributed by atoms with Crippen LogP contribution in [-0.2, 0) is 6.54 Å². The first-order valence-electron chi connectivity index (χ1n) is 5.61. The van der Waals surface area contributed by atoms with E-state index in [1.807, 2.05) is 6.20 Å². The van der Waals surface area contributed by atoms with Gasteiger partial charge >= 0.3 is 0 Å².